The molecule has 1 heterocycles. The van der Waals surface area contributed by atoms with Gasteiger partial charge in [0.25, 0.3) is 0 Å². The van der Waals surface area contributed by atoms with E-state index < -0.39 is 0 Å². The van der Waals surface area contributed by atoms with Gasteiger partial charge in [0.1, 0.15) is 17.2 Å². The third-order valence-electron chi connectivity index (χ3n) is 3.07. The van der Waals surface area contributed by atoms with Crippen molar-refractivity contribution >= 4 is 16.6 Å². The number of ketones is 1. The van der Waals surface area contributed by atoms with Gasteiger partial charge in [-0.05, 0) is 23.6 Å². The first-order valence-corrected chi connectivity index (χ1v) is 6.36. The third kappa shape index (κ3) is 2.38. The number of hydrogen-bond donors (Lipinski definition) is 0. The fourth-order valence-electron chi connectivity index (χ4n) is 2.06. The quantitative estimate of drug-likeness (QED) is 0.664. The Labute approximate surface area is 116 Å². The van der Waals surface area contributed by atoms with Crippen LogP contribution in [0.15, 0.2) is 60.8 Å². The summed E-state index contributed by atoms with van der Waals surface area (Å²) in [5.41, 5.74) is 0.440. The summed E-state index contributed by atoms with van der Waals surface area (Å²) in [4.78, 5) is 15.3. The van der Waals surface area contributed by atoms with E-state index >= 15 is 0 Å². The van der Waals surface area contributed by atoms with Crippen LogP contribution in [0.5, 0.6) is 11.5 Å². The molecule has 0 atom stereocenters. The lowest BCUT2D eigenvalue weighted by Gasteiger charge is -2.08. The van der Waals surface area contributed by atoms with E-state index in [1.165, 1.54) is 6.92 Å². The summed E-state index contributed by atoms with van der Waals surface area (Å²) in [5, 5.41) is 2.17. The van der Waals surface area contributed by atoms with Crippen molar-refractivity contribution in [1.82, 2.24) is 4.98 Å². The van der Waals surface area contributed by atoms with Crippen LogP contribution in [0.4, 0.5) is 0 Å². The predicted molar refractivity (Wildman–Crippen MR) is 78.3 cm³/mol. The lowest BCUT2D eigenvalue weighted by Crippen LogP contribution is -1.96. The van der Waals surface area contributed by atoms with Gasteiger partial charge in [-0.2, -0.15) is 0 Å². The van der Waals surface area contributed by atoms with Gasteiger partial charge in [0.15, 0.2) is 5.78 Å². The highest BCUT2D eigenvalue weighted by Gasteiger charge is 2.05. The lowest BCUT2D eigenvalue weighted by atomic mass is 10.1. The minimum Gasteiger partial charge on any atom is -0.455 e. The van der Waals surface area contributed by atoms with Gasteiger partial charge in [-0.15, -0.1) is 0 Å². The number of carbonyl (C=O) groups excluding carboxylic acids is 1. The smallest absolute Gasteiger partial charge is 0.178 e. The van der Waals surface area contributed by atoms with Crippen LogP contribution in [0.25, 0.3) is 10.8 Å². The zero-order valence-corrected chi connectivity index (χ0v) is 11.0. The van der Waals surface area contributed by atoms with Crippen molar-refractivity contribution < 1.29 is 9.53 Å². The zero-order chi connectivity index (χ0) is 13.9. The predicted octanol–water partition coefficient (Wildman–Crippen LogP) is 4.23. The van der Waals surface area contributed by atoms with Crippen molar-refractivity contribution in [2.45, 2.75) is 6.92 Å². The number of ether oxygens (including phenoxy) is 1. The minimum atomic E-state index is -0.0540. The van der Waals surface area contributed by atoms with Gasteiger partial charge in [-0.25, -0.2) is 4.98 Å². The first-order chi connectivity index (χ1) is 9.74. The van der Waals surface area contributed by atoms with Crippen molar-refractivity contribution in [2.24, 2.45) is 0 Å². The average Bonchev–Trinajstić information content (AvgIpc) is 2.48. The summed E-state index contributed by atoms with van der Waals surface area (Å²) in [6.07, 6.45) is 1.57. The van der Waals surface area contributed by atoms with Gasteiger partial charge in [-0.1, -0.05) is 36.4 Å². The number of aromatic nitrogens is 1. The number of hydrogen-bond acceptors (Lipinski definition) is 3. The topological polar surface area (TPSA) is 39.2 Å². The minimum absolute atomic E-state index is 0.0540. The van der Waals surface area contributed by atoms with Gasteiger partial charge < -0.3 is 4.74 Å². The Balaban J connectivity index is 1.95. The standard InChI is InChI=1S/C17H13NO2/c1-12(19)16-10-9-14(11-18-16)20-17-8-4-6-13-5-2-3-7-15(13)17/h2-11H,1H3. The van der Waals surface area contributed by atoms with Crippen molar-refractivity contribution in [3.63, 3.8) is 0 Å². The Morgan fingerprint density at radius 2 is 1.80 bits per heavy atom. The number of Topliss-reactive ketones (excluding diaryl/α,β-unsaturated/α-hetero) is 1. The number of nitrogens with zero attached hydrogens (tertiary/aromatic N) is 1. The van der Waals surface area contributed by atoms with Crippen LogP contribution in [-0.4, -0.2) is 10.8 Å². The maximum atomic E-state index is 11.2. The van der Waals surface area contributed by atoms with Gasteiger partial charge in [0.05, 0.1) is 6.20 Å². The molecule has 0 saturated heterocycles. The van der Waals surface area contributed by atoms with Crippen LogP contribution in [0.3, 0.4) is 0 Å². The number of carbonyl (C=O) groups is 1. The van der Waals surface area contributed by atoms with Crippen LogP contribution in [0.2, 0.25) is 0 Å². The molecule has 0 fully saturated rings. The normalized spacial score (nSPS) is 10.4. The van der Waals surface area contributed by atoms with Gasteiger partial charge in [0.2, 0.25) is 0 Å². The Bertz CT molecular complexity index is 758. The van der Waals surface area contributed by atoms with Gasteiger partial charge >= 0.3 is 0 Å². The summed E-state index contributed by atoms with van der Waals surface area (Å²) in [7, 11) is 0. The zero-order valence-electron chi connectivity index (χ0n) is 11.0. The van der Waals surface area contributed by atoms with E-state index in [0.717, 1.165) is 16.5 Å². The fourth-order valence-corrected chi connectivity index (χ4v) is 2.06. The van der Waals surface area contributed by atoms with E-state index in [1.54, 1.807) is 18.3 Å². The van der Waals surface area contributed by atoms with E-state index in [-0.39, 0.29) is 5.78 Å². The molecule has 0 aliphatic carbocycles. The molecule has 0 spiro atoms. The average molecular weight is 263 g/mol. The van der Waals surface area contributed by atoms with Crippen LogP contribution in [-0.2, 0) is 0 Å². The summed E-state index contributed by atoms with van der Waals surface area (Å²) < 4.78 is 5.85. The van der Waals surface area contributed by atoms with Gasteiger partial charge in [0, 0.05) is 12.3 Å². The first-order valence-electron chi connectivity index (χ1n) is 6.36. The third-order valence-corrected chi connectivity index (χ3v) is 3.07. The second-order valence-electron chi connectivity index (χ2n) is 4.51. The van der Waals surface area contributed by atoms with Crippen molar-refractivity contribution in [3.8, 4) is 11.5 Å². The molecule has 0 aliphatic rings. The largest absolute Gasteiger partial charge is 0.455 e. The molecule has 0 bridgehead atoms. The van der Waals surface area contributed by atoms with Crippen molar-refractivity contribution in [2.75, 3.05) is 0 Å². The monoisotopic (exact) mass is 263 g/mol. The van der Waals surface area contributed by atoms with Crippen molar-refractivity contribution in [3.05, 3.63) is 66.5 Å². The van der Waals surface area contributed by atoms with Gasteiger partial charge in [-0.3, -0.25) is 4.79 Å². The Kier molecular flexibility index (Phi) is 3.17. The summed E-state index contributed by atoms with van der Waals surface area (Å²) in [5.74, 6) is 1.34. The molecular formula is C17H13NO2. The SMILES string of the molecule is CC(=O)c1ccc(Oc2cccc3ccccc23)cn1. The number of pyridine rings is 1. The number of rotatable bonds is 3. The summed E-state index contributed by atoms with van der Waals surface area (Å²) in [6.45, 7) is 1.49. The maximum Gasteiger partial charge on any atom is 0.178 e. The highest BCUT2D eigenvalue weighted by atomic mass is 16.5. The molecule has 0 unspecified atom stereocenters. The van der Waals surface area contributed by atoms with Crippen molar-refractivity contribution in [1.29, 1.82) is 0 Å². The molecule has 3 heteroatoms. The first kappa shape index (κ1) is 12.4. The Morgan fingerprint density at radius 1 is 1.00 bits per heavy atom. The molecular weight excluding hydrogens is 250 g/mol. The number of fused-ring (bicyclic) bond motifs is 1. The maximum absolute atomic E-state index is 11.2. The van der Waals surface area contributed by atoms with Crippen LogP contribution < -0.4 is 4.74 Å². The molecule has 1 aromatic heterocycles. The molecule has 98 valence electrons. The van der Waals surface area contributed by atoms with E-state index in [2.05, 4.69) is 4.98 Å². The number of benzene rings is 2. The van der Waals surface area contributed by atoms with Crippen LogP contribution in [0, 0.1) is 0 Å². The fraction of sp³-hybridized carbons (Fsp3) is 0.0588. The molecule has 0 radical (unpaired) electrons. The molecule has 3 rings (SSSR count). The second kappa shape index (κ2) is 5.13. The Hall–Kier alpha value is -2.68. The van der Waals surface area contributed by atoms with Crippen LogP contribution in [0.1, 0.15) is 17.4 Å². The lowest BCUT2D eigenvalue weighted by molar-refractivity contribution is 0.101. The van der Waals surface area contributed by atoms with Crippen LogP contribution >= 0.6 is 0 Å². The molecule has 0 N–H and O–H groups in total. The van der Waals surface area contributed by atoms with E-state index in [0.29, 0.717) is 11.4 Å². The van der Waals surface area contributed by atoms with E-state index in [4.69, 9.17) is 4.74 Å². The summed E-state index contributed by atoms with van der Waals surface area (Å²) in [6, 6.07) is 17.4. The molecule has 0 amide bonds. The second-order valence-corrected chi connectivity index (χ2v) is 4.51. The molecule has 3 aromatic rings. The molecule has 20 heavy (non-hydrogen) atoms. The van der Waals surface area contributed by atoms with E-state index in [1.807, 2.05) is 42.5 Å². The molecule has 0 saturated carbocycles. The Morgan fingerprint density at radius 3 is 2.55 bits per heavy atom. The highest BCUT2D eigenvalue weighted by molar-refractivity contribution is 5.92. The molecule has 2 aromatic carbocycles. The van der Waals surface area contributed by atoms with E-state index in [9.17, 15) is 4.79 Å². The summed E-state index contributed by atoms with van der Waals surface area (Å²) >= 11 is 0. The highest BCUT2D eigenvalue weighted by Crippen LogP contribution is 2.29. The molecule has 3 nitrogen and oxygen atoms in total. The molecule has 0 aliphatic heterocycles.